The van der Waals surface area contributed by atoms with Crippen LogP contribution in [0.4, 0.5) is 4.79 Å². The highest BCUT2D eigenvalue weighted by Crippen LogP contribution is 2.26. The molecule has 2 saturated heterocycles. The van der Waals surface area contributed by atoms with Crippen molar-refractivity contribution < 1.29 is 26.4 Å². The molecule has 2 heterocycles. The largest absolute Gasteiger partial charge is 0.350 e. The molecule has 3 amide bonds. The number of urea groups is 1. The summed E-state index contributed by atoms with van der Waals surface area (Å²) < 4.78 is 54.5. The van der Waals surface area contributed by atoms with Crippen LogP contribution in [0.15, 0.2) is 34.1 Å². The minimum atomic E-state index is -3.90. The van der Waals surface area contributed by atoms with Gasteiger partial charge in [0.25, 0.3) is 0 Å². The molecule has 208 valence electrons. The Morgan fingerprint density at radius 2 is 1.54 bits per heavy atom. The first-order valence-corrected chi connectivity index (χ1v) is 15.5. The maximum absolute atomic E-state index is 13.3. The fourth-order valence-electron chi connectivity index (χ4n) is 4.47. The van der Waals surface area contributed by atoms with Gasteiger partial charge in [0.05, 0.1) is 21.8 Å². The SMILES string of the molecule is CCN(CC)S(=O)(=O)c1ccc(S(=O)(=O)N2CCCC(C(=O)NC3CN(C(=O)NC(C)(C)C)C3)C2)cc1. The number of nitrogens with zero attached hydrogens (tertiary/aromatic N) is 3. The van der Waals surface area contributed by atoms with Crippen molar-refractivity contribution in [2.45, 2.75) is 68.8 Å². The molecule has 1 atom stereocenters. The lowest BCUT2D eigenvalue weighted by molar-refractivity contribution is -0.127. The Balaban J connectivity index is 1.60. The smallest absolute Gasteiger partial charge is 0.317 e. The number of carbonyl (C=O) groups excluding carboxylic acids is 2. The van der Waals surface area contributed by atoms with Crippen LogP contribution < -0.4 is 10.6 Å². The van der Waals surface area contributed by atoms with E-state index in [-0.39, 0.29) is 46.4 Å². The van der Waals surface area contributed by atoms with Crippen molar-refractivity contribution in [2.24, 2.45) is 5.92 Å². The molecule has 1 unspecified atom stereocenters. The first-order valence-electron chi connectivity index (χ1n) is 12.7. The molecule has 3 rings (SSSR count). The van der Waals surface area contributed by atoms with Crippen LogP contribution in [0.1, 0.15) is 47.5 Å². The van der Waals surface area contributed by atoms with Crippen LogP contribution in [0.25, 0.3) is 0 Å². The van der Waals surface area contributed by atoms with Crippen LogP contribution in [-0.4, -0.2) is 93.1 Å². The summed E-state index contributed by atoms with van der Waals surface area (Å²) in [5.41, 5.74) is -0.345. The Labute approximate surface area is 220 Å². The highest BCUT2D eigenvalue weighted by molar-refractivity contribution is 7.89. The number of likely N-dealkylation sites (tertiary alicyclic amines) is 1. The molecule has 11 nitrogen and oxygen atoms in total. The number of rotatable bonds is 8. The first kappa shape index (κ1) is 29.3. The third kappa shape index (κ3) is 6.81. The molecule has 2 N–H and O–H groups in total. The molecular formula is C24H39N5O6S2. The maximum Gasteiger partial charge on any atom is 0.317 e. The van der Waals surface area contributed by atoms with Gasteiger partial charge in [0.1, 0.15) is 0 Å². The van der Waals surface area contributed by atoms with E-state index in [2.05, 4.69) is 10.6 Å². The summed E-state index contributed by atoms with van der Waals surface area (Å²) >= 11 is 0. The average Bonchev–Trinajstić information content (AvgIpc) is 2.80. The number of benzene rings is 1. The summed E-state index contributed by atoms with van der Waals surface area (Å²) in [6.07, 6.45) is 1.11. The highest BCUT2D eigenvalue weighted by Gasteiger charge is 2.37. The van der Waals surface area contributed by atoms with Gasteiger partial charge in [-0.3, -0.25) is 4.79 Å². The van der Waals surface area contributed by atoms with Crippen molar-refractivity contribution in [2.75, 3.05) is 39.3 Å². The predicted octanol–water partition coefficient (Wildman–Crippen LogP) is 1.43. The van der Waals surface area contributed by atoms with Gasteiger partial charge < -0.3 is 15.5 Å². The van der Waals surface area contributed by atoms with E-state index in [1.54, 1.807) is 18.7 Å². The number of amides is 3. The molecule has 0 spiro atoms. The van der Waals surface area contributed by atoms with Gasteiger partial charge in [0.2, 0.25) is 26.0 Å². The standard InChI is InChI=1S/C24H39N5O6S2/c1-6-28(7-2)36(32,33)20-10-12-21(13-11-20)37(34,35)29-14-8-9-18(15-29)22(30)25-19-16-27(17-19)23(31)26-24(3,4)5/h10-13,18-19H,6-9,14-17H2,1-5H3,(H,25,30)(H,26,31). The van der Waals surface area contributed by atoms with Gasteiger partial charge in [0.15, 0.2) is 0 Å². The summed E-state index contributed by atoms with van der Waals surface area (Å²) in [5, 5.41) is 5.82. The number of carbonyl (C=O) groups is 2. The van der Waals surface area contributed by atoms with E-state index >= 15 is 0 Å². The average molecular weight is 558 g/mol. The Morgan fingerprint density at radius 1 is 0.973 bits per heavy atom. The molecule has 0 aromatic heterocycles. The molecule has 0 bridgehead atoms. The zero-order valence-corrected chi connectivity index (χ0v) is 23.9. The quantitative estimate of drug-likeness (QED) is 0.496. The number of sulfonamides is 2. The van der Waals surface area contributed by atoms with Gasteiger partial charge >= 0.3 is 6.03 Å². The molecule has 0 saturated carbocycles. The number of nitrogens with one attached hydrogen (secondary N) is 2. The third-order valence-electron chi connectivity index (χ3n) is 6.56. The Kier molecular flexibility index (Phi) is 8.93. The van der Waals surface area contributed by atoms with E-state index < -0.39 is 26.0 Å². The van der Waals surface area contributed by atoms with Crippen molar-refractivity contribution in [3.05, 3.63) is 24.3 Å². The van der Waals surface area contributed by atoms with Crippen LogP contribution in [0.2, 0.25) is 0 Å². The zero-order chi connectivity index (χ0) is 27.6. The van der Waals surface area contributed by atoms with Gasteiger partial charge in [-0.1, -0.05) is 13.8 Å². The number of piperidine rings is 1. The van der Waals surface area contributed by atoms with E-state index in [1.165, 1.54) is 32.9 Å². The number of hydrogen-bond acceptors (Lipinski definition) is 6. The molecule has 2 aliphatic rings. The lowest BCUT2D eigenvalue weighted by Crippen LogP contribution is -2.65. The second kappa shape index (κ2) is 11.3. The fraction of sp³-hybridized carbons (Fsp3) is 0.667. The summed E-state index contributed by atoms with van der Waals surface area (Å²) in [6.45, 7) is 11.0. The molecule has 0 radical (unpaired) electrons. The van der Waals surface area contributed by atoms with Crippen molar-refractivity contribution in [1.29, 1.82) is 0 Å². The van der Waals surface area contributed by atoms with Crippen molar-refractivity contribution in [3.63, 3.8) is 0 Å². The van der Waals surface area contributed by atoms with Gasteiger partial charge in [-0.2, -0.15) is 8.61 Å². The predicted molar refractivity (Wildman–Crippen MR) is 140 cm³/mol. The third-order valence-corrected chi connectivity index (χ3v) is 10.5. The first-order chi connectivity index (χ1) is 17.2. The van der Waals surface area contributed by atoms with E-state index in [0.29, 0.717) is 39.0 Å². The molecule has 2 fully saturated rings. The lowest BCUT2D eigenvalue weighted by Gasteiger charge is -2.41. The summed E-state index contributed by atoms with van der Waals surface area (Å²) in [4.78, 5) is 26.7. The molecule has 1 aromatic carbocycles. The minimum absolute atomic E-state index is 0.00782. The Hall–Kier alpha value is -2.22. The second-order valence-electron chi connectivity index (χ2n) is 10.6. The van der Waals surface area contributed by atoms with Crippen LogP contribution in [-0.2, 0) is 24.8 Å². The molecule has 13 heteroatoms. The number of hydrogen-bond donors (Lipinski definition) is 2. The van der Waals surface area contributed by atoms with E-state index in [9.17, 15) is 26.4 Å². The molecule has 1 aromatic rings. The monoisotopic (exact) mass is 557 g/mol. The fourth-order valence-corrected chi connectivity index (χ4v) is 7.46. The minimum Gasteiger partial charge on any atom is -0.350 e. The van der Waals surface area contributed by atoms with Crippen LogP contribution in [0.3, 0.4) is 0 Å². The highest BCUT2D eigenvalue weighted by atomic mass is 32.2. The van der Waals surface area contributed by atoms with Crippen LogP contribution >= 0.6 is 0 Å². The van der Waals surface area contributed by atoms with Crippen molar-refractivity contribution >= 4 is 32.0 Å². The molecule has 37 heavy (non-hydrogen) atoms. The molecule has 0 aliphatic carbocycles. The van der Waals surface area contributed by atoms with Crippen molar-refractivity contribution in [1.82, 2.24) is 24.1 Å². The van der Waals surface area contributed by atoms with Crippen molar-refractivity contribution in [3.8, 4) is 0 Å². The zero-order valence-electron chi connectivity index (χ0n) is 22.2. The maximum atomic E-state index is 13.3. The Morgan fingerprint density at radius 3 is 2.08 bits per heavy atom. The summed E-state index contributed by atoms with van der Waals surface area (Å²) in [6, 6.07) is 4.90. The molecular weight excluding hydrogens is 518 g/mol. The van der Waals surface area contributed by atoms with E-state index in [1.807, 2.05) is 20.8 Å². The van der Waals surface area contributed by atoms with Gasteiger partial charge in [0, 0.05) is 44.8 Å². The van der Waals surface area contributed by atoms with E-state index in [4.69, 9.17) is 0 Å². The summed E-state index contributed by atoms with van der Waals surface area (Å²) in [7, 11) is -7.59. The van der Waals surface area contributed by atoms with Gasteiger partial charge in [-0.05, 0) is 57.9 Å². The van der Waals surface area contributed by atoms with Crippen LogP contribution in [0.5, 0.6) is 0 Å². The van der Waals surface area contributed by atoms with Gasteiger partial charge in [-0.15, -0.1) is 0 Å². The Bertz CT molecular complexity index is 1180. The second-order valence-corrected chi connectivity index (χ2v) is 14.4. The van der Waals surface area contributed by atoms with Gasteiger partial charge in [-0.25, -0.2) is 21.6 Å². The lowest BCUT2D eigenvalue weighted by atomic mass is 9.97. The van der Waals surface area contributed by atoms with E-state index in [0.717, 1.165) is 0 Å². The summed E-state index contributed by atoms with van der Waals surface area (Å²) in [5.74, 6) is -0.718. The normalized spacial score (nSPS) is 19.9. The topological polar surface area (TPSA) is 136 Å². The van der Waals surface area contributed by atoms with Crippen LogP contribution in [0, 0.1) is 5.92 Å². The molecule has 2 aliphatic heterocycles.